The maximum atomic E-state index is 13.4. The Balaban J connectivity index is 3.42. The van der Waals surface area contributed by atoms with Crippen molar-refractivity contribution in [3.05, 3.63) is 33.3 Å². The van der Waals surface area contributed by atoms with E-state index in [0.29, 0.717) is 0 Å². The van der Waals surface area contributed by atoms with E-state index in [9.17, 15) is 14.3 Å². The van der Waals surface area contributed by atoms with Gasteiger partial charge < -0.3 is 9.84 Å². The Morgan fingerprint density at radius 1 is 1.55 bits per heavy atom. The molecule has 0 spiro atoms. The van der Waals surface area contributed by atoms with E-state index in [1.165, 1.54) is 7.05 Å². The van der Waals surface area contributed by atoms with Gasteiger partial charge in [0.2, 0.25) is 0 Å². The molecule has 0 amide bonds. The Hall–Kier alpha value is -1.66. The largest absolute Gasteiger partial charge is 0.506 e. The summed E-state index contributed by atoms with van der Waals surface area (Å²) in [6.07, 6.45) is 1.08. The number of aliphatic imine (C=N–C) groups is 1. The van der Waals surface area contributed by atoms with Crippen molar-refractivity contribution in [1.29, 1.82) is 0 Å². The minimum Gasteiger partial charge on any atom is -0.506 e. The lowest BCUT2D eigenvalue weighted by Crippen LogP contribution is -2.11. The van der Waals surface area contributed by atoms with Crippen molar-refractivity contribution in [3.8, 4) is 0 Å². The molecule has 0 aromatic carbocycles. The number of aliphatic hydroxyl groups excluding tert-OH is 1. The molecule has 0 aliphatic heterocycles. The number of hydrogen-bond donors (Lipinski definition) is 1. The normalized spacial score (nSPS) is 12.4. The molecule has 0 aliphatic carbocycles. The number of esters is 1. The summed E-state index contributed by atoms with van der Waals surface area (Å²) >= 11 is 11.2. The number of carbonyl (C=O) groups is 1. The van der Waals surface area contributed by atoms with Gasteiger partial charge in [0.25, 0.3) is 0 Å². The Bertz CT molecular complexity index is 588. The number of aliphatic hydroxyl groups is 1. The van der Waals surface area contributed by atoms with Crippen molar-refractivity contribution < 1.29 is 19.0 Å². The van der Waals surface area contributed by atoms with Crippen molar-refractivity contribution in [2.24, 2.45) is 4.99 Å². The highest BCUT2D eigenvalue weighted by atomic mass is 35.5. The van der Waals surface area contributed by atoms with E-state index < -0.39 is 22.7 Å². The molecule has 0 bridgehead atoms. The van der Waals surface area contributed by atoms with Crippen molar-refractivity contribution >= 4 is 41.1 Å². The van der Waals surface area contributed by atoms with Crippen LogP contribution >= 0.6 is 23.2 Å². The van der Waals surface area contributed by atoms with Crippen molar-refractivity contribution in [2.75, 3.05) is 13.7 Å². The first-order valence-corrected chi connectivity index (χ1v) is 6.22. The molecule has 8 heteroatoms. The van der Waals surface area contributed by atoms with Crippen LogP contribution in [-0.4, -0.2) is 35.9 Å². The molecule has 0 saturated carbocycles. The second-order valence-corrected chi connectivity index (χ2v) is 4.19. The maximum absolute atomic E-state index is 13.4. The minimum atomic E-state index is -0.880. The minimum absolute atomic E-state index is 0.105. The van der Waals surface area contributed by atoms with Crippen molar-refractivity contribution in [3.63, 3.8) is 0 Å². The molecular weight excluding hydrogens is 310 g/mol. The highest BCUT2D eigenvalue weighted by molar-refractivity contribution is 6.33. The first-order valence-electron chi connectivity index (χ1n) is 5.46. The van der Waals surface area contributed by atoms with Crippen LogP contribution in [0.3, 0.4) is 0 Å². The topological polar surface area (TPSA) is 71.8 Å². The first kappa shape index (κ1) is 16.4. The molecule has 0 aliphatic rings. The smallest absolute Gasteiger partial charge is 0.343 e. The van der Waals surface area contributed by atoms with Crippen LogP contribution in [-0.2, 0) is 9.53 Å². The van der Waals surface area contributed by atoms with Crippen LogP contribution in [0.2, 0.25) is 10.3 Å². The van der Waals surface area contributed by atoms with E-state index in [4.69, 9.17) is 27.9 Å². The van der Waals surface area contributed by atoms with Gasteiger partial charge in [0, 0.05) is 13.3 Å². The summed E-state index contributed by atoms with van der Waals surface area (Å²) in [5, 5.41) is 9.37. The molecule has 0 radical (unpaired) electrons. The Labute approximate surface area is 124 Å². The summed E-state index contributed by atoms with van der Waals surface area (Å²) < 4.78 is 18.1. The van der Waals surface area contributed by atoms with Crippen LogP contribution in [0, 0.1) is 5.82 Å². The zero-order chi connectivity index (χ0) is 15.3. The fraction of sp³-hybridized carbons (Fsp3) is 0.250. The number of rotatable bonds is 4. The molecule has 1 aromatic rings. The number of carbonyl (C=O) groups excluding carboxylic acids is 1. The molecule has 108 valence electrons. The zero-order valence-electron chi connectivity index (χ0n) is 10.7. The van der Waals surface area contributed by atoms with Gasteiger partial charge in [-0.25, -0.2) is 14.2 Å². The quantitative estimate of drug-likeness (QED) is 0.304. The fourth-order valence-electron chi connectivity index (χ4n) is 1.31. The number of pyridine rings is 1. The number of nitrogens with zero attached hydrogens (tertiary/aromatic N) is 2. The third-order valence-corrected chi connectivity index (χ3v) is 2.70. The van der Waals surface area contributed by atoms with Gasteiger partial charge in [-0.05, 0) is 13.0 Å². The number of hydrogen-bond acceptors (Lipinski definition) is 5. The lowest BCUT2D eigenvalue weighted by molar-refractivity contribution is -0.137. The van der Waals surface area contributed by atoms with Gasteiger partial charge in [-0.1, -0.05) is 23.2 Å². The van der Waals surface area contributed by atoms with Crippen LogP contribution in [0.25, 0.3) is 5.76 Å². The number of ether oxygens (including phenoxy) is 1. The molecule has 0 saturated heterocycles. The zero-order valence-corrected chi connectivity index (χ0v) is 12.2. The van der Waals surface area contributed by atoms with E-state index in [0.717, 1.165) is 12.3 Å². The van der Waals surface area contributed by atoms with Crippen molar-refractivity contribution in [2.45, 2.75) is 6.92 Å². The summed E-state index contributed by atoms with van der Waals surface area (Å²) in [6, 6.07) is 0.871. The summed E-state index contributed by atoms with van der Waals surface area (Å²) in [4.78, 5) is 18.8. The molecule has 1 aromatic heterocycles. The molecule has 0 unspecified atom stereocenters. The Morgan fingerprint density at radius 2 is 2.20 bits per heavy atom. The van der Waals surface area contributed by atoms with Crippen LogP contribution < -0.4 is 0 Å². The molecule has 1 heterocycles. The van der Waals surface area contributed by atoms with Gasteiger partial charge in [0.05, 0.1) is 12.2 Å². The van der Waals surface area contributed by atoms with Gasteiger partial charge in [0.15, 0.2) is 11.0 Å². The first-order chi connectivity index (χ1) is 9.42. The number of aromatic nitrogens is 1. The third-order valence-electron chi connectivity index (χ3n) is 2.15. The summed E-state index contributed by atoms with van der Waals surface area (Å²) in [7, 11) is 1.40. The predicted octanol–water partition coefficient (Wildman–Crippen LogP) is 3.06. The second-order valence-electron chi connectivity index (χ2n) is 3.47. The molecule has 0 fully saturated rings. The average molecular weight is 321 g/mol. The third kappa shape index (κ3) is 3.68. The lowest BCUT2D eigenvalue weighted by Gasteiger charge is -2.08. The fourth-order valence-corrected chi connectivity index (χ4v) is 1.72. The number of halogens is 3. The monoisotopic (exact) mass is 320 g/mol. The highest BCUT2D eigenvalue weighted by Crippen LogP contribution is 2.26. The Morgan fingerprint density at radius 3 is 2.75 bits per heavy atom. The lowest BCUT2D eigenvalue weighted by atomic mass is 10.1. The van der Waals surface area contributed by atoms with Crippen LogP contribution in [0.15, 0.2) is 16.6 Å². The van der Waals surface area contributed by atoms with E-state index in [2.05, 4.69) is 9.98 Å². The van der Waals surface area contributed by atoms with Crippen LogP contribution in [0.5, 0.6) is 0 Å². The second kappa shape index (κ2) is 7.21. The molecule has 20 heavy (non-hydrogen) atoms. The van der Waals surface area contributed by atoms with E-state index in [1.54, 1.807) is 6.92 Å². The van der Waals surface area contributed by atoms with E-state index in [1.807, 2.05) is 0 Å². The predicted molar refractivity (Wildman–Crippen MR) is 74.8 cm³/mol. The van der Waals surface area contributed by atoms with Gasteiger partial charge in [-0.3, -0.25) is 4.99 Å². The van der Waals surface area contributed by atoms with Crippen molar-refractivity contribution in [1.82, 2.24) is 4.98 Å². The average Bonchev–Trinajstić information content (AvgIpc) is 2.39. The van der Waals surface area contributed by atoms with Gasteiger partial charge in [-0.15, -0.1) is 0 Å². The van der Waals surface area contributed by atoms with E-state index >= 15 is 0 Å². The van der Waals surface area contributed by atoms with E-state index in [-0.39, 0.29) is 22.9 Å². The summed E-state index contributed by atoms with van der Waals surface area (Å²) in [6.45, 7) is 1.71. The summed E-state index contributed by atoms with van der Waals surface area (Å²) in [5.74, 6) is -2.29. The molecular formula is C12H11Cl2FN2O3. The molecule has 0 atom stereocenters. The van der Waals surface area contributed by atoms with Gasteiger partial charge >= 0.3 is 5.97 Å². The Kier molecular flexibility index (Phi) is 5.91. The molecule has 1 N–H and O–H groups in total. The highest BCUT2D eigenvalue weighted by Gasteiger charge is 2.20. The molecule has 5 nitrogen and oxygen atoms in total. The van der Waals surface area contributed by atoms with Gasteiger partial charge in [0.1, 0.15) is 16.5 Å². The summed E-state index contributed by atoms with van der Waals surface area (Å²) in [5.41, 5.74) is -0.448. The SMILES string of the molecule is CCOC(=O)C(C=NC)=C(O)c1cc(F)c(Cl)nc1Cl. The van der Waals surface area contributed by atoms with Crippen LogP contribution in [0.4, 0.5) is 4.39 Å². The standard InChI is InChI=1S/C12H11Cl2FN2O3/c1-3-20-12(19)7(5-16-2)9(18)6-4-8(15)11(14)17-10(6)13/h4-5,18H,3H2,1-2H3. The maximum Gasteiger partial charge on any atom is 0.343 e. The van der Waals surface area contributed by atoms with Gasteiger partial charge in [-0.2, -0.15) is 0 Å². The molecule has 1 rings (SSSR count). The van der Waals surface area contributed by atoms with Crippen LogP contribution in [0.1, 0.15) is 12.5 Å².